The molecule has 102 valence electrons. The molecule has 0 aliphatic heterocycles. The van der Waals surface area contributed by atoms with E-state index in [0.29, 0.717) is 10.5 Å². The molecule has 0 saturated heterocycles. The van der Waals surface area contributed by atoms with Gasteiger partial charge in [-0.3, -0.25) is 10.2 Å². The fourth-order valence-electron chi connectivity index (χ4n) is 1.36. The van der Waals surface area contributed by atoms with E-state index in [1.165, 1.54) is 34.1 Å². The lowest BCUT2D eigenvalue weighted by Crippen LogP contribution is -2.23. The lowest BCUT2D eigenvalue weighted by atomic mass is 10.3. The molecule has 0 saturated carbocycles. The maximum Gasteiger partial charge on any atom is 0.244 e. The van der Waals surface area contributed by atoms with Crippen molar-refractivity contribution in [3.63, 3.8) is 0 Å². The van der Waals surface area contributed by atoms with Crippen LogP contribution >= 0.6 is 35.3 Å². The Hall–Kier alpha value is -1.37. The van der Waals surface area contributed by atoms with E-state index in [0.717, 1.165) is 0 Å². The number of carbonyl (C=O) groups is 1. The van der Waals surface area contributed by atoms with E-state index in [2.05, 4.69) is 5.32 Å². The number of benzene rings is 1. The summed E-state index contributed by atoms with van der Waals surface area (Å²) in [5.74, 6) is -0.829. The lowest BCUT2D eigenvalue weighted by Gasteiger charge is -2.06. The first-order valence-electron chi connectivity index (χ1n) is 4.99. The van der Waals surface area contributed by atoms with Gasteiger partial charge in [0.1, 0.15) is 12.4 Å². The van der Waals surface area contributed by atoms with Crippen LogP contribution in [0.5, 0.6) is 0 Å². The molecule has 1 amide bonds. The normalized spacial score (nSPS) is 9.79. The van der Waals surface area contributed by atoms with Crippen molar-refractivity contribution < 1.29 is 9.18 Å². The van der Waals surface area contributed by atoms with E-state index in [9.17, 15) is 9.18 Å². The molecular weight excluding hydrogens is 312 g/mol. The number of anilines is 1. The second-order valence-corrected chi connectivity index (χ2v) is 4.81. The van der Waals surface area contributed by atoms with Gasteiger partial charge in [-0.15, -0.1) is 23.7 Å². The maximum absolute atomic E-state index is 12.9. The minimum atomic E-state index is -0.532. The van der Waals surface area contributed by atoms with Gasteiger partial charge in [-0.2, -0.15) is 0 Å². The quantitative estimate of drug-likeness (QED) is 0.897. The van der Waals surface area contributed by atoms with E-state index in [1.54, 1.807) is 11.6 Å². The molecule has 0 spiro atoms. The SMILES string of the molecule is Cl.N=c1sccn1CC(=O)Nc1ccc(F)c(Cl)c1. The Morgan fingerprint density at radius 3 is 2.84 bits per heavy atom. The van der Waals surface area contributed by atoms with Crippen molar-refractivity contribution in [1.82, 2.24) is 4.57 Å². The average molecular weight is 322 g/mol. The highest BCUT2D eigenvalue weighted by Crippen LogP contribution is 2.19. The number of nitrogens with zero attached hydrogens (tertiary/aromatic N) is 1. The van der Waals surface area contributed by atoms with Crippen molar-refractivity contribution in [3.8, 4) is 0 Å². The standard InChI is InChI=1S/C11H9ClFN3OS.ClH/c12-8-5-7(1-2-9(8)13)15-10(17)6-16-3-4-18-11(16)14;/h1-5,14H,6H2,(H,15,17);1H. The molecule has 2 N–H and O–H groups in total. The average Bonchev–Trinajstić information content (AvgIpc) is 2.70. The van der Waals surface area contributed by atoms with Crippen molar-refractivity contribution in [2.75, 3.05) is 5.32 Å². The number of hydrogen-bond donors (Lipinski definition) is 2. The number of thiazole rings is 1. The van der Waals surface area contributed by atoms with Crippen molar-refractivity contribution in [2.24, 2.45) is 0 Å². The first kappa shape index (κ1) is 15.7. The van der Waals surface area contributed by atoms with E-state index in [1.807, 2.05) is 0 Å². The van der Waals surface area contributed by atoms with Crippen LogP contribution in [0, 0.1) is 11.2 Å². The number of carbonyl (C=O) groups excluding carboxylic acids is 1. The van der Waals surface area contributed by atoms with Crippen LogP contribution in [0.2, 0.25) is 5.02 Å². The highest BCUT2D eigenvalue weighted by molar-refractivity contribution is 7.06. The number of rotatable bonds is 3. The summed E-state index contributed by atoms with van der Waals surface area (Å²) in [7, 11) is 0. The minimum absolute atomic E-state index is 0. The van der Waals surface area contributed by atoms with Gasteiger partial charge in [0, 0.05) is 17.3 Å². The zero-order valence-corrected chi connectivity index (χ0v) is 11.9. The third-order valence-corrected chi connectivity index (χ3v) is 3.20. The highest BCUT2D eigenvalue weighted by atomic mass is 35.5. The third-order valence-electron chi connectivity index (χ3n) is 2.20. The topological polar surface area (TPSA) is 57.9 Å². The monoisotopic (exact) mass is 321 g/mol. The van der Waals surface area contributed by atoms with Crippen molar-refractivity contribution >= 4 is 46.9 Å². The van der Waals surface area contributed by atoms with E-state index in [4.69, 9.17) is 17.0 Å². The van der Waals surface area contributed by atoms with E-state index >= 15 is 0 Å². The predicted octanol–water partition coefficient (Wildman–Crippen LogP) is 2.88. The van der Waals surface area contributed by atoms with Crippen LogP contribution in [0.3, 0.4) is 0 Å². The summed E-state index contributed by atoms with van der Waals surface area (Å²) in [6.07, 6.45) is 1.66. The number of aromatic nitrogens is 1. The number of amides is 1. The van der Waals surface area contributed by atoms with Crippen molar-refractivity contribution in [3.05, 3.63) is 45.4 Å². The van der Waals surface area contributed by atoms with Gasteiger partial charge in [-0.05, 0) is 18.2 Å². The molecule has 0 fully saturated rings. The molecule has 0 aliphatic carbocycles. The van der Waals surface area contributed by atoms with E-state index in [-0.39, 0.29) is 29.9 Å². The molecule has 0 aliphatic rings. The molecule has 1 aromatic heterocycles. The fraction of sp³-hybridized carbons (Fsp3) is 0.0909. The summed E-state index contributed by atoms with van der Waals surface area (Å²) in [6.45, 7) is 0.0390. The summed E-state index contributed by atoms with van der Waals surface area (Å²) in [5, 5.41) is 11.8. The van der Waals surface area contributed by atoms with Crippen LogP contribution in [-0.4, -0.2) is 10.5 Å². The summed E-state index contributed by atoms with van der Waals surface area (Å²) in [5.41, 5.74) is 0.425. The van der Waals surface area contributed by atoms with Gasteiger partial charge in [0.15, 0.2) is 4.80 Å². The van der Waals surface area contributed by atoms with Gasteiger partial charge in [0.05, 0.1) is 5.02 Å². The second-order valence-electron chi connectivity index (χ2n) is 3.51. The molecule has 19 heavy (non-hydrogen) atoms. The van der Waals surface area contributed by atoms with Crippen molar-refractivity contribution in [2.45, 2.75) is 6.54 Å². The largest absolute Gasteiger partial charge is 0.324 e. The first-order valence-corrected chi connectivity index (χ1v) is 6.25. The summed E-state index contributed by atoms with van der Waals surface area (Å²) < 4.78 is 14.4. The number of nitrogens with one attached hydrogen (secondary N) is 2. The molecule has 2 aromatic rings. The molecule has 0 bridgehead atoms. The Balaban J connectivity index is 0.00000180. The molecule has 4 nitrogen and oxygen atoms in total. The van der Waals surface area contributed by atoms with Crippen LogP contribution in [0.4, 0.5) is 10.1 Å². The Morgan fingerprint density at radius 1 is 1.53 bits per heavy atom. The van der Waals surface area contributed by atoms with Gasteiger partial charge in [-0.1, -0.05) is 11.6 Å². The molecular formula is C11H10Cl2FN3OS. The first-order chi connectivity index (χ1) is 8.56. The van der Waals surface area contributed by atoms with Crippen LogP contribution in [0.25, 0.3) is 0 Å². The Bertz CT molecular complexity index is 641. The lowest BCUT2D eigenvalue weighted by molar-refractivity contribution is -0.116. The maximum atomic E-state index is 12.9. The highest BCUT2D eigenvalue weighted by Gasteiger charge is 2.06. The van der Waals surface area contributed by atoms with Crippen LogP contribution in [0.1, 0.15) is 0 Å². The van der Waals surface area contributed by atoms with Crippen LogP contribution in [0.15, 0.2) is 29.8 Å². The molecule has 0 radical (unpaired) electrons. The zero-order valence-electron chi connectivity index (χ0n) is 9.52. The summed E-state index contributed by atoms with van der Waals surface area (Å²) in [4.78, 5) is 12.0. The van der Waals surface area contributed by atoms with E-state index < -0.39 is 5.82 Å². The smallest absolute Gasteiger partial charge is 0.244 e. The van der Waals surface area contributed by atoms with Gasteiger partial charge < -0.3 is 9.88 Å². The van der Waals surface area contributed by atoms with Gasteiger partial charge in [0.25, 0.3) is 0 Å². The molecule has 0 atom stereocenters. The molecule has 1 heterocycles. The second kappa shape index (κ2) is 6.70. The molecule has 8 heteroatoms. The number of hydrogen-bond acceptors (Lipinski definition) is 3. The van der Waals surface area contributed by atoms with Crippen molar-refractivity contribution in [1.29, 1.82) is 5.41 Å². The Kier molecular flexibility index (Phi) is 5.53. The third kappa shape index (κ3) is 4.05. The predicted molar refractivity (Wildman–Crippen MR) is 75.5 cm³/mol. The molecule has 1 aromatic carbocycles. The zero-order chi connectivity index (χ0) is 13.1. The Morgan fingerprint density at radius 2 is 2.26 bits per heavy atom. The summed E-state index contributed by atoms with van der Waals surface area (Å²) >= 11 is 6.84. The van der Waals surface area contributed by atoms with Gasteiger partial charge in [-0.25, -0.2) is 4.39 Å². The fourth-order valence-corrected chi connectivity index (χ4v) is 2.14. The van der Waals surface area contributed by atoms with Gasteiger partial charge >= 0.3 is 0 Å². The Labute approximate surface area is 123 Å². The minimum Gasteiger partial charge on any atom is -0.324 e. The van der Waals surface area contributed by atoms with Crippen LogP contribution < -0.4 is 10.1 Å². The summed E-state index contributed by atoms with van der Waals surface area (Å²) in [6, 6.07) is 3.96. The molecule has 0 unspecified atom stereocenters. The van der Waals surface area contributed by atoms with Crippen LogP contribution in [-0.2, 0) is 11.3 Å². The number of halogens is 3. The van der Waals surface area contributed by atoms with Gasteiger partial charge in [0.2, 0.25) is 5.91 Å². The molecule has 2 rings (SSSR count).